The van der Waals surface area contributed by atoms with Crippen LogP contribution in [-0.2, 0) is 0 Å². The zero-order valence-corrected chi connectivity index (χ0v) is 21.6. The van der Waals surface area contributed by atoms with Gasteiger partial charge in [0.2, 0.25) is 0 Å². The molecule has 10 nitrogen and oxygen atoms in total. The summed E-state index contributed by atoms with van der Waals surface area (Å²) >= 11 is 0. The normalized spacial score (nSPS) is 17.1. The smallest absolute Gasteiger partial charge is 0.270 e. The predicted molar refractivity (Wildman–Crippen MR) is 145 cm³/mol. The molecule has 0 unspecified atom stereocenters. The van der Waals surface area contributed by atoms with Gasteiger partial charge in [0.05, 0.1) is 12.1 Å². The maximum atomic E-state index is 15.2. The molecule has 3 heterocycles. The third kappa shape index (κ3) is 5.64. The second-order valence-electron chi connectivity index (χ2n) is 9.62. The Morgan fingerprint density at radius 3 is 2.50 bits per heavy atom. The van der Waals surface area contributed by atoms with Gasteiger partial charge in [-0.2, -0.15) is 0 Å². The molecule has 1 aliphatic rings. The molecule has 204 valence electrons. The number of aryl methyl sites for hydroxylation is 1. The average Bonchev–Trinajstić information content (AvgIpc) is 3.18. The van der Waals surface area contributed by atoms with Gasteiger partial charge < -0.3 is 21.1 Å². The number of phenolic OH excluding ortho intramolecular Hbond substituents is 1. The molecule has 2 amide bonds. The van der Waals surface area contributed by atoms with Gasteiger partial charge in [0.1, 0.15) is 28.9 Å². The highest BCUT2D eigenvalue weighted by Gasteiger charge is 2.28. The van der Waals surface area contributed by atoms with E-state index in [4.69, 9.17) is 0 Å². The number of hydrogen-bond donors (Lipinski definition) is 4. The highest BCUT2D eigenvalue weighted by atomic mass is 19.1. The highest BCUT2D eigenvalue weighted by molar-refractivity contribution is 6.13. The molecule has 5 rings (SSSR count). The van der Waals surface area contributed by atoms with Crippen molar-refractivity contribution in [1.82, 2.24) is 30.9 Å². The Balaban J connectivity index is 1.31. The van der Waals surface area contributed by atoms with Crippen molar-refractivity contribution in [2.45, 2.75) is 31.8 Å². The van der Waals surface area contributed by atoms with Gasteiger partial charge in [-0.3, -0.25) is 19.4 Å². The van der Waals surface area contributed by atoms with Crippen LogP contribution >= 0.6 is 0 Å². The van der Waals surface area contributed by atoms with Crippen molar-refractivity contribution in [2.75, 3.05) is 13.1 Å². The Kier molecular flexibility index (Phi) is 7.74. The molecule has 1 saturated heterocycles. The summed E-state index contributed by atoms with van der Waals surface area (Å²) in [7, 11) is 0. The summed E-state index contributed by atoms with van der Waals surface area (Å²) in [6, 6.07) is 11.1. The molecule has 0 saturated carbocycles. The lowest BCUT2D eigenvalue weighted by atomic mass is 9.98. The van der Waals surface area contributed by atoms with Crippen LogP contribution in [0.3, 0.4) is 0 Å². The summed E-state index contributed by atoms with van der Waals surface area (Å²) in [5, 5.41) is 20.0. The van der Waals surface area contributed by atoms with E-state index in [9.17, 15) is 19.5 Å². The number of carbonyl (C=O) groups is 3. The Hall–Kier alpha value is -4.77. The van der Waals surface area contributed by atoms with E-state index in [1.807, 2.05) is 0 Å². The lowest BCUT2D eigenvalue weighted by molar-refractivity contribution is 0.0880. The molecule has 1 aliphatic heterocycles. The first-order chi connectivity index (χ1) is 19.3. The van der Waals surface area contributed by atoms with Gasteiger partial charge in [0, 0.05) is 34.9 Å². The molecule has 40 heavy (non-hydrogen) atoms. The Morgan fingerprint density at radius 1 is 1.00 bits per heavy atom. The lowest BCUT2D eigenvalue weighted by Gasteiger charge is -2.27. The first-order valence-corrected chi connectivity index (χ1v) is 12.8. The van der Waals surface area contributed by atoms with Gasteiger partial charge >= 0.3 is 0 Å². The van der Waals surface area contributed by atoms with Crippen LogP contribution in [-0.4, -0.2) is 62.8 Å². The third-order valence-corrected chi connectivity index (χ3v) is 6.84. The van der Waals surface area contributed by atoms with E-state index in [2.05, 4.69) is 30.9 Å². The van der Waals surface area contributed by atoms with E-state index >= 15 is 4.39 Å². The van der Waals surface area contributed by atoms with Crippen LogP contribution in [0, 0.1) is 12.7 Å². The predicted octanol–water partition coefficient (Wildman–Crippen LogP) is 2.69. The molecule has 4 N–H and O–H groups in total. The minimum Gasteiger partial charge on any atom is -0.507 e. The quantitative estimate of drug-likeness (QED) is 0.272. The van der Waals surface area contributed by atoms with E-state index in [1.54, 1.807) is 19.1 Å². The first-order valence-electron chi connectivity index (χ1n) is 12.8. The number of hydrogen-bond acceptors (Lipinski definition) is 8. The monoisotopic (exact) mass is 542 g/mol. The number of phenols is 1. The molecule has 2 aromatic carbocycles. The third-order valence-electron chi connectivity index (χ3n) is 6.84. The zero-order valence-electron chi connectivity index (χ0n) is 21.6. The van der Waals surface area contributed by atoms with Gasteiger partial charge in [-0.15, -0.1) is 0 Å². The number of ketones is 1. The van der Waals surface area contributed by atoms with Crippen molar-refractivity contribution in [2.24, 2.45) is 0 Å². The van der Waals surface area contributed by atoms with E-state index < -0.39 is 22.9 Å². The maximum Gasteiger partial charge on any atom is 0.270 e. The van der Waals surface area contributed by atoms with E-state index in [-0.39, 0.29) is 46.2 Å². The molecule has 11 heteroatoms. The van der Waals surface area contributed by atoms with Crippen molar-refractivity contribution in [3.05, 3.63) is 95.0 Å². The van der Waals surface area contributed by atoms with E-state index in [1.165, 1.54) is 48.9 Å². The number of pyridine rings is 1. The molecule has 2 atom stereocenters. The fourth-order valence-corrected chi connectivity index (χ4v) is 4.73. The van der Waals surface area contributed by atoms with Crippen LogP contribution in [0.15, 0.2) is 61.1 Å². The van der Waals surface area contributed by atoms with Crippen molar-refractivity contribution in [1.29, 1.82) is 0 Å². The van der Waals surface area contributed by atoms with E-state index in [0.717, 1.165) is 13.0 Å². The molecule has 1 fully saturated rings. The van der Waals surface area contributed by atoms with Crippen LogP contribution < -0.4 is 16.0 Å². The largest absolute Gasteiger partial charge is 0.507 e. The van der Waals surface area contributed by atoms with Crippen molar-refractivity contribution < 1.29 is 23.9 Å². The number of benzene rings is 2. The number of amides is 2. The minimum atomic E-state index is -0.900. The summed E-state index contributed by atoms with van der Waals surface area (Å²) in [5.41, 5.74) is 0.712. The number of fused-ring (bicyclic) bond motifs is 1. The molecule has 0 spiro atoms. The van der Waals surface area contributed by atoms with Crippen molar-refractivity contribution >= 4 is 28.5 Å². The maximum absolute atomic E-state index is 15.2. The molecule has 0 radical (unpaired) electrons. The van der Waals surface area contributed by atoms with Gasteiger partial charge in [-0.1, -0.05) is 18.2 Å². The molecular weight excluding hydrogens is 515 g/mol. The summed E-state index contributed by atoms with van der Waals surface area (Å²) in [6.45, 7) is 2.91. The Morgan fingerprint density at radius 2 is 1.75 bits per heavy atom. The van der Waals surface area contributed by atoms with Gasteiger partial charge in [-0.05, 0) is 56.6 Å². The summed E-state index contributed by atoms with van der Waals surface area (Å²) in [4.78, 5) is 50.9. The number of nitrogens with zero attached hydrogens (tertiary/aromatic N) is 3. The van der Waals surface area contributed by atoms with Crippen LogP contribution in [0.5, 0.6) is 5.75 Å². The fourth-order valence-electron chi connectivity index (χ4n) is 4.73. The number of aromatic hydroxyl groups is 1. The number of rotatable bonds is 6. The highest BCUT2D eigenvalue weighted by Crippen LogP contribution is 2.30. The second kappa shape index (κ2) is 11.5. The van der Waals surface area contributed by atoms with Gasteiger partial charge in [-0.25, -0.2) is 14.4 Å². The molecule has 4 aromatic rings. The molecule has 2 aromatic heterocycles. The number of nitrogens with one attached hydrogen (secondary N) is 3. The lowest BCUT2D eigenvalue weighted by Crippen LogP contribution is -2.54. The van der Waals surface area contributed by atoms with Crippen molar-refractivity contribution in [3.8, 4) is 5.75 Å². The Bertz CT molecular complexity index is 1580. The zero-order chi connectivity index (χ0) is 28.2. The van der Waals surface area contributed by atoms with Gasteiger partial charge in [0.15, 0.2) is 11.6 Å². The summed E-state index contributed by atoms with van der Waals surface area (Å²) < 4.78 is 15.2. The summed E-state index contributed by atoms with van der Waals surface area (Å²) in [5.74, 6) is -2.86. The minimum absolute atomic E-state index is 0.00334. The molecule has 0 bridgehead atoms. The fraction of sp³-hybridized carbons (Fsp3) is 0.241. The SMILES string of the molecule is Cc1ccc2cc(O)c(C(=O)c3ccc(C(=O)N[C@@H]4CCCNC[C@H]4NC(=O)c4ccncn4)cc3)c(F)c2n1. The summed E-state index contributed by atoms with van der Waals surface area (Å²) in [6.07, 6.45) is 4.21. The van der Waals surface area contributed by atoms with Crippen LogP contribution in [0.1, 0.15) is 55.3 Å². The standard InChI is InChI=1S/C29H27FN6O4/c1-16-4-5-19-13-23(37)24(25(30)26(19)34-16)27(38)17-6-8-18(9-7-17)28(39)35-20-3-2-11-31-14-22(20)36-29(40)21-10-12-32-15-33-21/h4-10,12-13,15,20,22,31,37H,2-3,11,14H2,1H3,(H,35,39)(H,36,40)/t20-,22-/m1/s1. The topological polar surface area (TPSA) is 146 Å². The first kappa shape index (κ1) is 26.8. The molecule has 0 aliphatic carbocycles. The molecular formula is C29H27FN6O4. The van der Waals surface area contributed by atoms with Gasteiger partial charge in [0.25, 0.3) is 11.8 Å². The number of halogens is 1. The average molecular weight is 543 g/mol. The number of carbonyl (C=O) groups excluding carboxylic acids is 3. The van der Waals surface area contributed by atoms with Crippen molar-refractivity contribution in [3.63, 3.8) is 0 Å². The van der Waals surface area contributed by atoms with Crippen LogP contribution in [0.25, 0.3) is 10.9 Å². The van der Waals surface area contributed by atoms with Crippen LogP contribution in [0.4, 0.5) is 4.39 Å². The van der Waals surface area contributed by atoms with Crippen LogP contribution in [0.2, 0.25) is 0 Å². The Labute approximate surface area is 229 Å². The van der Waals surface area contributed by atoms with E-state index in [0.29, 0.717) is 24.0 Å². The second-order valence-corrected chi connectivity index (χ2v) is 9.62. The number of aromatic nitrogens is 3.